The van der Waals surface area contributed by atoms with Gasteiger partial charge in [-0.3, -0.25) is 4.57 Å². The summed E-state index contributed by atoms with van der Waals surface area (Å²) >= 11 is 0. The summed E-state index contributed by atoms with van der Waals surface area (Å²) in [5.74, 6) is 2.33. The maximum atomic E-state index is 5.02. The van der Waals surface area contributed by atoms with Crippen molar-refractivity contribution in [3.05, 3.63) is 157 Å². The molecule has 0 amide bonds. The molecule has 3 aromatic heterocycles. The van der Waals surface area contributed by atoms with Gasteiger partial charge in [-0.25, -0.2) is 24.9 Å². The van der Waals surface area contributed by atoms with Crippen LogP contribution >= 0.6 is 0 Å². The Kier molecular flexibility index (Phi) is 6.12. The molecule has 0 saturated heterocycles. The molecule has 50 heavy (non-hydrogen) atoms. The van der Waals surface area contributed by atoms with E-state index in [1.807, 2.05) is 73.1 Å². The topological polar surface area (TPSA) is 69.4 Å². The molecule has 0 aliphatic heterocycles. The molecule has 236 valence electrons. The summed E-state index contributed by atoms with van der Waals surface area (Å²) < 4.78 is 2.23. The predicted octanol–water partition coefficient (Wildman–Crippen LogP) is 10.2. The summed E-state index contributed by atoms with van der Waals surface area (Å²) in [5, 5.41) is 4.84. The number of nitrogens with zero attached hydrogens (tertiary/aromatic N) is 6. The molecule has 1 aliphatic carbocycles. The van der Waals surface area contributed by atoms with Gasteiger partial charge in [-0.2, -0.15) is 0 Å². The summed E-state index contributed by atoms with van der Waals surface area (Å²) in [6, 6.07) is 46.5. The van der Waals surface area contributed by atoms with Crippen LogP contribution in [0.15, 0.2) is 146 Å². The van der Waals surface area contributed by atoms with Gasteiger partial charge in [0.15, 0.2) is 17.5 Å². The molecule has 0 bridgehead atoms. The first kappa shape index (κ1) is 28.5. The van der Waals surface area contributed by atoms with E-state index >= 15 is 0 Å². The largest absolute Gasteiger partial charge is 0.277 e. The van der Waals surface area contributed by atoms with Gasteiger partial charge >= 0.3 is 0 Å². The molecular formula is C44H30N6. The summed E-state index contributed by atoms with van der Waals surface area (Å²) in [6.07, 6.45) is 3.66. The van der Waals surface area contributed by atoms with E-state index in [0.717, 1.165) is 27.7 Å². The third-order valence-electron chi connectivity index (χ3n) is 10.1. The number of hydrogen-bond acceptors (Lipinski definition) is 5. The maximum Gasteiger partial charge on any atom is 0.234 e. The second-order valence-corrected chi connectivity index (χ2v) is 13.4. The van der Waals surface area contributed by atoms with Gasteiger partial charge < -0.3 is 0 Å². The average Bonchev–Trinajstić information content (AvgIpc) is 3.63. The zero-order valence-corrected chi connectivity index (χ0v) is 27.5. The van der Waals surface area contributed by atoms with E-state index in [-0.39, 0.29) is 5.41 Å². The molecule has 0 radical (unpaired) electrons. The fourth-order valence-electron chi connectivity index (χ4n) is 7.66. The van der Waals surface area contributed by atoms with Crippen molar-refractivity contribution in [3.63, 3.8) is 0 Å². The second-order valence-electron chi connectivity index (χ2n) is 13.4. The number of benzene rings is 6. The predicted molar refractivity (Wildman–Crippen MR) is 201 cm³/mol. The van der Waals surface area contributed by atoms with Crippen molar-refractivity contribution in [2.24, 2.45) is 0 Å². The van der Waals surface area contributed by atoms with Gasteiger partial charge in [0.2, 0.25) is 5.95 Å². The van der Waals surface area contributed by atoms with Crippen LogP contribution < -0.4 is 0 Å². The second kappa shape index (κ2) is 10.7. The number of aromatic nitrogens is 6. The van der Waals surface area contributed by atoms with Crippen LogP contribution in [0.25, 0.3) is 83.8 Å². The van der Waals surface area contributed by atoms with Crippen molar-refractivity contribution >= 4 is 32.6 Å². The van der Waals surface area contributed by atoms with Crippen molar-refractivity contribution in [3.8, 4) is 51.2 Å². The van der Waals surface area contributed by atoms with Crippen molar-refractivity contribution < 1.29 is 0 Å². The Bertz CT molecular complexity index is 2710. The molecule has 0 saturated carbocycles. The smallest absolute Gasteiger partial charge is 0.234 e. The van der Waals surface area contributed by atoms with E-state index < -0.39 is 0 Å². The molecule has 0 atom stereocenters. The lowest BCUT2D eigenvalue weighted by atomic mass is 9.82. The van der Waals surface area contributed by atoms with Gasteiger partial charge in [-0.1, -0.05) is 129 Å². The van der Waals surface area contributed by atoms with E-state index in [1.54, 1.807) is 0 Å². The number of para-hydroxylation sites is 1. The lowest BCUT2D eigenvalue weighted by Crippen LogP contribution is -2.15. The van der Waals surface area contributed by atoms with E-state index in [9.17, 15) is 0 Å². The summed E-state index contributed by atoms with van der Waals surface area (Å²) in [4.78, 5) is 24.7. The summed E-state index contributed by atoms with van der Waals surface area (Å²) in [5.41, 5.74) is 9.73. The molecule has 0 N–H and O–H groups in total. The molecule has 6 aromatic carbocycles. The molecule has 3 heterocycles. The Balaban J connectivity index is 1.18. The highest BCUT2D eigenvalue weighted by atomic mass is 15.2. The number of rotatable bonds is 4. The SMILES string of the molecule is CC1(C)c2cc3ccccc3cc2-c2c1ccc1c3ccccc3n(-c3ncc(-c4nc(-c5ccccc5)nc(-c5ccccc5)n4)cn3)c21. The highest BCUT2D eigenvalue weighted by molar-refractivity contribution is 6.16. The Hall–Kier alpha value is -6.53. The molecule has 6 heteroatoms. The van der Waals surface area contributed by atoms with Crippen LogP contribution in [0.3, 0.4) is 0 Å². The van der Waals surface area contributed by atoms with Gasteiger partial charge in [0.05, 0.1) is 16.6 Å². The van der Waals surface area contributed by atoms with E-state index in [2.05, 4.69) is 91.2 Å². The van der Waals surface area contributed by atoms with Crippen molar-refractivity contribution in [2.45, 2.75) is 19.3 Å². The normalized spacial score (nSPS) is 13.2. The Morgan fingerprint density at radius 2 is 1.06 bits per heavy atom. The average molecular weight is 643 g/mol. The van der Waals surface area contributed by atoms with Crippen molar-refractivity contribution in [2.75, 3.05) is 0 Å². The first-order valence-corrected chi connectivity index (χ1v) is 16.8. The summed E-state index contributed by atoms with van der Waals surface area (Å²) in [7, 11) is 0. The van der Waals surface area contributed by atoms with E-state index in [4.69, 9.17) is 24.9 Å². The monoisotopic (exact) mass is 642 g/mol. The number of fused-ring (bicyclic) bond motifs is 8. The molecular weight excluding hydrogens is 613 g/mol. The first-order valence-electron chi connectivity index (χ1n) is 16.8. The van der Waals surface area contributed by atoms with Crippen LogP contribution in [0.2, 0.25) is 0 Å². The van der Waals surface area contributed by atoms with Gasteiger partial charge in [0.25, 0.3) is 0 Å². The zero-order chi connectivity index (χ0) is 33.4. The Labute approximate surface area is 288 Å². The fraction of sp³-hybridized carbons (Fsp3) is 0.0682. The van der Waals surface area contributed by atoms with Crippen LogP contribution in [-0.4, -0.2) is 29.5 Å². The Morgan fingerprint density at radius 3 is 1.72 bits per heavy atom. The van der Waals surface area contributed by atoms with Crippen LogP contribution in [0.1, 0.15) is 25.0 Å². The van der Waals surface area contributed by atoms with E-state index in [0.29, 0.717) is 23.4 Å². The first-order chi connectivity index (χ1) is 24.5. The lowest BCUT2D eigenvalue weighted by molar-refractivity contribution is 0.661. The van der Waals surface area contributed by atoms with Crippen molar-refractivity contribution in [1.82, 2.24) is 29.5 Å². The molecule has 6 nitrogen and oxygen atoms in total. The van der Waals surface area contributed by atoms with Gasteiger partial charge in [0, 0.05) is 45.3 Å². The van der Waals surface area contributed by atoms with Crippen molar-refractivity contribution in [1.29, 1.82) is 0 Å². The van der Waals surface area contributed by atoms with Crippen LogP contribution in [0.4, 0.5) is 0 Å². The summed E-state index contributed by atoms with van der Waals surface area (Å²) in [6.45, 7) is 4.66. The van der Waals surface area contributed by atoms with Gasteiger partial charge in [0.1, 0.15) is 0 Å². The minimum atomic E-state index is -0.166. The lowest BCUT2D eigenvalue weighted by Gasteiger charge is -2.21. The number of hydrogen-bond donors (Lipinski definition) is 0. The molecule has 10 rings (SSSR count). The molecule has 9 aromatic rings. The minimum Gasteiger partial charge on any atom is -0.277 e. The van der Waals surface area contributed by atoms with Crippen LogP contribution in [0, 0.1) is 0 Å². The quantitative estimate of drug-likeness (QED) is 0.191. The highest BCUT2D eigenvalue weighted by Crippen LogP contribution is 2.53. The molecule has 0 fully saturated rings. The van der Waals surface area contributed by atoms with Crippen LogP contribution in [-0.2, 0) is 5.41 Å². The molecule has 0 spiro atoms. The standard InChI is InChI=1S/C44H30N6/c1-44(2)35-22-21-33-32-19-11-12-20-37(32)50(39(33)38(35)34-23-29-17-9-10-18-30(29)24-36(34)44)43-45-25-31(26-46-43)42-48-40(27-13-5-3-6-14-27)47-41(49-42)28-15-7-4-8-16-28/h3-26H,1-2H3. The Morgan fingerprint density at radius 1 is 0.500 bits per heavy atom. The minimum absolute atomic E-state index is 0.166. The molecule has 0 unspecified atom stereocenters. The highest BCUT2D eigenvalue weighted by Gasteiger charge is 2.38. The van der Waals surface area contributed by atoms with Gasteiger partial charge in [-0.05, 0) is 45.7 Å². The third-order valence-corrected chi connectivity index (χ3v) is 10.1. The van der Waals surface area contributed by atoms with E-state index in [1.165, 1.54) is 43.8 Å². The van der Waals surface area contributed by atoms with Gasteiger partial charge in [-0.15, -0.1) is 0 Å². The fourth-order valence-corrected chi connectivity index (χ4v) is 7.66. The third kappa shape index (κ3) is 4.25. The van der Waals surface area contributed by atoms with Crippen LogP contribution in [0.5, 0.6) is 0 Å². The molecule has 1 aliphatic rings. The maximum absolute atomic E-state index is 5.02. The zero-order valence-electron chi connectivity index (χ0n) is 27.5.